The summed E-state index contributed by atoms with van der Waals surface area (Å²) < 4.78 is 0. The highest BCUT2D eigenvalue weighted by molar-refractivity contribution is 4.75. The Morgan fingerprint density at radius 2 is 1.50 bits per heavy atom. The smallest absolute Gasteiger partial charge is 0.0351 e. The summed E-state index contributed by atoms with van der Waals surface area (Å²) in [6.45, 7) is 16.8. The Labute approximate surface area is 117 Å². The molecule has 0 saturated heterocycles. The monoisotopic (exact) mass is 254 g/mol. The maximum atomic E-state index is 2.47. The first-order chi connectivity index (χ1) is 8.32. The molecule has 0 aromatic carbocycles. The maximum absolute atomic E-state index is 2.47. The van der Waals surface area contributed by atoms with Crippen LogP contribution in [0.3, 0.4) is 0 Å². The van der Waals surface area contributed by atoms with Gasteiger partial charge in [0.2, 0.25) is 0 Å². The van der Waals surface area contributed by atoms with Crippen LogP contribution in [0.1, 0.15) is 93.4 Å². The molecule has 0 nitrogen and oxygen atoms in total. The quantitative estimate of drug-likeness (QED) is 0.407. The Morgan fingerprint density at radius 1 is 0.889 bits per heavy atom. The number of rotatable bonds is 10. The van der Waals surface area contributed by atoms with Crippen LogP contribution in [0, 0.1) is 23.2 Å². The molecular formula is C18H38. The third-order valence-electron chi connectivity index (χ3n) is 4.85. The van der Waals surface area contributed by atoms with Crippen LogP contribution in [-0.2, 0) is 0 Å². The summed E-state index contributed by atoms with van der Waals surface area (Å²) in [6.07, 6.45) is 9.71. The van der Waals surface area contributed by atoms with Crippen molar-refractivity contribution in [2.75, 3.05) is 0 Å². The first-order valence-corrected chi connectivity index (χ1v) is 8.32. The van der Waals surface area contributed by atoms with Crippen molar-refractivity contribution < 1.29 is 0 Å². The molecule has 3 unspecified atom stereocenters. The van der Waals surface area contributed by atoms with E-state index < -0.39 is 0 Å². The van der Waals surface area contributed by atoms with E-state index in [1.165, 1.54) is 44.9 Å². The molecule has 0 aliphatic rings. The average molecular weight is 255 g/mol. The number of unbranched alkanes of at least 4 members (excludes halogenated alkanes) is 1. The van der Waals surface area contributed by atoms with Gasteiger partial charge in [-0.3, -0.25) is 0 Å². The minimum atomic E-state index is 0.531. The van der Waals surface area contributed by atoms with Gasteiger partial charge in [-0.15, -0.1) is 0 Å². The lowest BCUT2D eigenvalue weighted by molar-refractivity contribution is 0.198. The van der Waals surface area contributed by atoms with Gasteiger partial charge in [-0.1, -0.05) is 80.6 Å². The Balaban J connectivity index is 3.99. The molecule has 0 radical (unpaired) electrons. The highest BCUT2D eigenvalue weighted by atomic mass is 14.3. The molecule has 3 atom stereocenters. The lowest BCUT2D eigenvalue weighted by Gasteiger charge is -2.31. The van der Waals surface area contributed by atoms with E-state index in [2.05, 4.69) is 48.5 Å². The molecule has 0 amide bonds. The summed E-state index contributed by atoms with van der Waals surface area (Å²) in [6, 6.07) is 0. The van der Waals surface area contributed by atoms with Gasteiger partial charge < -0.3 is 0 Å². The van der Waals surface area contributed by atoms with Crippen LogP contribution in [0.4, 0.5) is 0 Å². The molecular weight excluding hydrogens is 216 g/mol. The molecule has 18 heavy (non-hydrogen) atoms. The first kappa shape index (κ1) is 18.0. The van der Waals surface area contributed by atoms with E-state index in [9.17, 15) is 0 Å². The fraction of sp³-hybridized carbons (Fsp3) is 1.00. The molecule has 0 rings (SSSR count). The summed E-state index contributed by atoms with van der Waals surface area (Å²) in [5.74, 6) is 2.67. The van der Waals surface area contributed by atoms with Crippen molar-refractivity contribution in [2.45, 2.75) is 93.4 Å². The molecule has 0 saturated carbocycles. The average Bonchev–Trinajstić information content (AvgIpc) is 2.32. The van der Waals surface area contributed by atoms with Gasteiger partial charge in [0.1, 0.15) is 0 Å². The lowest BCUT2D eigenvalue weighted by atomic mass is 9.74. The van der Waals surface area contributed by atoms with Crippen molar-refractivity contribution in [1.29, 1.82) is 0 Å². The number of hydrogen-bond donors (Lipinski definition) is 0. The standard InChI is InChI=1S/C18H38/c1-8-10-11-15(3)12-13-18(6,7)14-17(5)16(4)9-2/h15-17H,8-14H2,1-7H3. The van der Waals surface area contributed by atoms with E-state index >= 15 is 0 Å². The minimum Gasteiger partial charge on any atom is -0.0654 e. The summed E-state index contributed by atoms with van der Waals surface area (Å²) in [5.41, 5.74) is 0.531. The van der Waals surface area contributed by atoms with Gasteiger partial charge in [0, 0.05) is 0 Å². The van der Waals surface area contributed by atoms with Crippen molar-refractivity contribution in [3.05, 3.63) is 0 Å². The first-order valence-electron chi connectivity index (χ1n) is 8.32. The molecule has 0 aliphatic carbocycles. The SMILES string of the molecule is CCCCC(C)CCC(C)(C)CC(C)C(C)CC. The van der Waals surface area contributed by atoms with Gasteiger partial charge in [0.25, 0.3) is 0 Å². The minimum absolute atomic E-state index is 0.531. The van der Waals surface area contributed by atoms with Crippen molar-refractivity contribution >= 4 is 0 Å². The largest absolute Gasteiger partial charge is 0.0654 e. The topological polar surface area (TPSA) is 0 Å². The summed E-state index contributed by atoms with van der Waals surface area (Å²) in [4.78, 5) is 0. The lowest BCUT2D eigenvalue weighted by Crippen LogP contribution is -2.20. The Hall–Kier alpha value is 0. The van der Waals surface area contributed by atoms with Crippen LogP contribution in [0.2, 0.25) is 0 Å². The van der Waals surface area contributed by atoms with Crippen molar-refractivity contribution in [3.8, 4) is 0 Å². The molecule has 0 heterocycles. The Morgan fingerprint density at radius 3 is 2.00 bits per heavy atom. The summed E-state index contributed by atoms with van der Waals surface area (Å²) in [5, 5.41) is 0. The molecule has 0 spiro atoms. The van der Waals surface area contributed by atoms with Crippen LogP contribution < -0.4 is 0 Å². The normalized spacial score (nSPS) is 17.5. The summed E-state index contributed by atoms with van der Waals surface area (Å²) in [7, 11) is 0. The van der Waals surface area contributed by atoms with Gasteiger partial charge in [-0.05, 0) is 36.0 Å². The van der Waals surface area contributed by atoms with E-state index in [0.29, 0.717) is 5.41 Å². The maximum Gasteiger partial charge on any atom is -0.0351 e. The molecule has 110 valence electrons. The van der Waals surface area contributed by atoms with Gasteiger partial charge in [0.05, 0.1) is 0 Å². The molecule has 0 bridgehead atoms. The second kappa shape index (κ2) is 8.99. The van der Waals surface area contributed by atoms with E-state index in [4.69, 9.17) is 0 Å². The van der Waals surface area contributed by atoms with Crippen LogP contribution in [0.5, 0.6) is 0 Å². The predicted octanol–water partition coefficient (Wildman–Crippen LogP) is 6.69. The van der Waals surface area contributed by atoms with E-state index in [1.54, 1.807) is 0 Å². The van der Waals surface area contributed by atoms with E-state index in [-0.39, 0.29) is 0 Å². The van der Waals surface area contributed by atoms with Crippen molar-refractivity contribution in [1.82, 2.24) is 0 Å². The Bertz CT molecular complexity index is 192. The van der Waals surface area contributed by atoms with Crippen molar-refractivity contribution in [3.63, 3.8) is 0 Å². The zero-order chi connectivity index (χ0) is 14.2. The van der Waals surface area contributed by atoms with Crippen LogP contribution >= 0.6 is 0 Å². The van der Waals surface area contributed by atoms with Gasteiger partial charge >= 0.3 is 0 Å². The van der Waals surface area contributed by atoms with Gasteiger partial charge in [-0.25, -0.2) is 0 Å². The number of hydrogen-bond acceptors (Lipinski definition) is 0. The fourth-order valence-corrected chi connectivity index (χ4v) is 2.91. The molecule has 0 heteroatoms. The Kier molecular flexibility index (Phi) is 8.99. The van der Waals surface area contributed by atoms with E-state index in [0.717, 1.165) is 17.8 Å². The van der Waals surface area contributed by atoms with Crippen LogP contribution in [-0.4, -0.2) is 0 Å². The molecule has 0 N–H and O–H groups in total. The zero-order valence-electron chi connectivity index (χ0n) is 14.2. The highest BCUT2D eigenvalue weighted by Crippen LogP contribution is 2.35. The molecule has 0 aliphatic heterocycles. The fourth-order valence-electron chi connectivity index (χ4n) is 2.91. The van der Waals surface area contributed by atoms with Crippen LogP contribution in [0.15, 0.2) is 0 Å². The van der Waals surface area contributed by atoms with Gasteiger partial charge in [0.15, 0.2) is 0 Å². The molecule has 0 aromatic rings. The second-order valence-corrected chi connectivity index (χ2v) is 7.52. The predicted molar refractivity (Wildman–Crippen MR) is 84.9 cm³/mol. The zero-order valence-corrected chi connectivity index (χ0v) is 14.2. The molecule has 0 fully saturated rings. The van der Waals surface area contributed by atoms with E-state index in [1.807, 2.05) is 0 Å². The van der Waals surface area contributed by atoms with Gasteiger partial charge in [-0.2, -0.15) is 0 Å². The third-order valence-corrected chi connectivity index (χ3v) is 4.85. The van der Waals surface area contributed by atoms with Crippen molar-refractivity contribution in [2.24, 2.45) is 23.2 Å². The summed E-state index contributed by atoms with van der Waals surface area (Å²) >= 11 is 0. The van der Waals surface area contributed by atoms with Crippen LogP contribution in [0.25, 0.3) is 0 Å². The highest BCUT2D eigenvalue weighted by Gasteiger charge is 2.23. The molecule has 0 aromatic heterocycles. The second-order valence-electron chi connectivity index (χ2n) is 7.52. The third kappa shape index (κ3) is 8.16.